The lowest BCUT2D eigenvalue weighted by Crippen LogP contribution is -2.08. The monoisotopic (exact) mass is 190 g/mol. The number of fused-ring (bicyclic) bond motifs is 1. The molecule has 3 heteroatoms. The lowest BCUT2D eigenvalue weighted by atomic mass is 10.2. The number of rotatable bonds is 2. The molecule has 2 N–H and O–H groups in total. The number of aromatic nitrogens is 1. The Kier molecular flexibility index (Phi) is 2.25. The average Bonchev–Trinajstić information content (AvgIpc) is 2.59. The number of hydrogen-bond acceptors (Lipinski definition) is 3. The molecule has 0 aliphatic rings. The molecule has 0 aliphatic heterocycles. The third-order valence-corrected chi connectivity index (χ3v) is 2.32. The van der Waals surface area contributed by atoms with Crippen LogP contribution in [0.1, 0.15) is 30.8 Å². The Labute approximate surface area is 82.9 Å². The van der Waals surface area contributed by atoms with Crippen molar-refractivity contribution in [3.05, 3.63) is 29.7 Å². The van der Waals surface area contributed by atoms with E-state index in [0.717, 1.165) is 17.5 Å². The molecule has 74 valence electrons. The second-order valence-corrected chi connectivity index (χ2v) is 3.54. The van der Waals surface area contributed by atoms with Crippen LogP contribution in [-0.2, 0) is 0 Å². The fourth-order valence-corrected chi connectivity index (χ4v) is 1.38. The summed E-state index contributed by atoms with van der Waals surface area (Å²) in [6, 6.07) is 5.86. The lowest BCUT2D eigenvalue weighted by Gasteiger charge is -2.00. The molecule has 0 aliphatic carbocycles. The molecule has 0 fully saturated rings. The van der Waals surface area contributed by atoms with Gasteiger partial charge in [-0.25, -0.2) is 4.98 Å². The second-order valence-electron chi connectivity index (χ2n) is 3.54. The quantitative estimate of drug-likeness (QED) is 0.791. The first-order valence-corrected chi connectivity index (χ1v) is 4.83. The van der Waals surface area contributed by atoms with Gasteiger partial charge in [-0.2, -0.15) is 0 Å². The van der Waals surface area contributed by atoms with E-state index < -0.39 is 0 Å². The Hall–Kier alpha value is -1.35. The highest BCUT2D eigenvalue weighted by atomic mass is 16.3. The van der Waals surface area contributed by atoms with E-state index in [9.17, 15) is 0 Å². The first-order valence-electron chi connectivity index (χ1n) is 4.83. The standard InChI is InChI=1S/C11H14N2O/c1-3-8(12)11-13-9-5-4-7(2)6-10(9)14-11/h4-6,8H,3,12H2,1-2H3. The van der Waals surface area contributed by atoms with E-state index in [4.69, 9.17) is 10.2 Å². The van der Waals surface area contributed by atoms with Crippen LogP contribution >= 0.6 is 0 Å². The molecule has 0 radical (unpaired) electrons. The van der Waals surface area contributed by atoms with E-state index in [2.05, 4.69) is 4.98 Å². The van der Waals surface area contributed by atoms with Gasteiger partial charge in [0.05, 0.1) is 6.04 Å². The van der Waals surface area contributed by atoms with E-state index in [1.165, 1.54) is 5.56 Å². The number of oxazole rings is 1. The van der Waals surface area contributed by atoms with Gasteiger partial charge < -0.3 is 10.2 Å². The molecular formula is C11H14N2O. The topological polar surface area (TPSA) is 52.0 Å². The minimum absolute atomic E-state index is 0.0947. The Morgan fingerprint density at radius 3 is 3.00 bits per heavy atom. The van der Waals surface area contributed by atoms with Crippen molar-refractivity contribution >= 4 is 11.1 Å². The highest BCUT2D eigenvalue weighted by Crippen LogP contribution is 2.21. The zero-order chi connectivity index (χ0) is 10.1. The highest BCUT2D eigenvalue weighted by Gasteiger charge is 2.11. The molecule has 0 bridgehead atoms. The van der Waals surface area contributed by atoms with E-state index in [1.54, 1.807) is 0 Å². The molecule has 14 heavy (non-hydrogen) atoms. The van der Waals surface area contributed by atoms with Gasteiger partial charge in [0, 0.05) is 0 Å². The Balaban J connectivity index is 2.51. The van der Waals surface area contributed by atoms with E-state index in [0.29, 0.717) is 5.89 Å². The summed E-state index contributed by atoms with van der Waals surface area (Å²) < 4.78 is 5.57. The summed E-state index contributed by atoms with van der Waals surface area (Å²) in [6.45, 7) is 4.05. The summed E-state index contributed by atoms with van der Waals surface area (Å²) in [7, 11) is 0. The number of nitrogens with two attached hydrogens (primary N) is 1. The summed E-state index contributed by atoms with van der Waals surface area (Å²) in [5.41, 5.74) is 8.72. The van der Waals surface area contributed by atoms with Crippen LogP contribution < -0.4 is 5.73 Å². The van der Waals surface area contributed by atoms with Gasteiger partial charge >= 0.3 is 0 Å². The summed E-state index contributed by atoms with van der Waals surface area (Å²) in [5.74, 6) is 0.633. The van der Waals surface area contributed by atoms with E-state index in [1.807, 2.05) is 32.0 Å². The third-order valence-electron chi connectivity index (χ3n) is 2.32. The molecule has 1 unspecified atom stereocenters. The fraction of sp³-hybridized carbons (Fsp3) is 0.364. The van der Waals surface area contributed by atoms with Crippen molar-refractivity contribution in [2.45, 2.75) is 26.3 Å². The second kappa shape index (κ2) is 3.42. The van der Waals surface area contributed by atoms with Gasteiger partial charge in [-0.15, -0.1) is 0 Å². The summed E-state index contributed by atoms with van der Waals surface area (Å²) in [6.07, 6.45) is 0.839. The number of nitrogens with zero attached hydrogens (tertiary/aromatic N) is 1. The molecular weight excluding hydrogens is 176 g/mol. The highest BCUT2D eigenvalue weighted by molar-refractivity contribution is 5.73. The first kappa shape index (κ1) is 9.21. The van der Waals surface area contributed by atoms with Crippen LogP contribution in [0.5, 0.6) is 0 Å². The zero-order valence-corrected chi connectivity index (χ0v) is 8.45. The fourth-order valence-electron chi connectivity index (χ4n) is 1.38. The van der Waals surface area contributed by atoms with Gasteiger partial charge in [0.1, 0.15) is 5.52 Å². The van der Waals surface area contributed by atoms with Gasteiger partial charge in [0.15, 0.2) is 5.58 Å². The summed E-state index contributed by atoms with van der Waals surface area (Å²) >= 11 is 0. The maximum atomic E-state index is 5.84. The molecule has 0 saturated heterocycles. The van der Waals surface area contributed by atoms with Crippen molar-refractivity contribution in [3.63, 3.8) is 0 Å². The summed E-state index contributed by atoms with van der Waals surface area (Å²) in [4.78, 5) is 4.33. The average molecular weight is 190 g/mol. The predicted octanol–water partition coefficient (Wildman–Crippen LogP) is 2.55. The zero-order valence-electron chi connectivity index (χ0n) is 8.45. The van der Waals surface area contributed by atoms with Gasteiger partial charge in [0.2, 0.25) is 5.89 Å². The predicted molar refractivity (Wildman–Crippen MR) is 56.0 cm³/mol. The first-order chi connectivity index (χ1) is 6.70. The van der Waals surface area contributed by atoms with Crippen molar-refractivity contribution in [2.75, 3.05) is 0 Å². The number of hydrogen-bond donors (Lipinski definition) is 1. The smallest absolute Gasteiger partial charge is 0.212 e. The van der Waals surface area contributed by atoms with Crippen LogP contribution in [0.3, 0.4) is 0 Å². The third kappa shape index (κ3) is 1.51. The molecule has 1 aromatic heterocycles. The molecule has 2 aromatic rings. The van der Waals surface area contributed by atoms with E-state index in [-0.39, 0.29) is 6.04 Å². The van der Waals surface area contributed by atoms with Crippen LogP contribution in [0.15, 0.2) is 22.6 Å². The van der Waals surface area contributed by atoms with Crippen LogP contribution in [0.2, 0.25) is 0 Å². The molecule has 1 heterocycles. The lowest BCUT2D eigenvalue weighted by molar-refractivity contribution is 0.469. The maximum Gasteiger partial charge on any atom is 0.212 e. The van der Waals surface area contributed by atoms with Crippen LogP contribution in [0, 0.1) is 6.92 Å². The normalized spacial score (nSPS) is 13.4. The van der Waals surface area contributed by atoms with Crippen molar-refractivity contribution < 1.29 is 4.42 Å². The summed E-state index contributed by atoms with van der Waals surface area (Å²) in [5, 5.41) is 0. The largest absolute Gasteiger partial charge is 0.439 e. The minimum atomic E-state index is -0.0947. The molecule has 1 aromatic carbocycles. The van der Waals surface area contributed by atoms with Gasteiger partial charge in [-0.1, -0.05) is 13.0 Å². The Morgan fingerprint density at radius 1 is 1.50 bits per heavy atom. The number of benzene rings is 1. The molecule has 0 spiro atoms. The Bertz CT molecular complexity index is 447. The van der Waals surface area contributed by atoms with Crippen LogP contribution in [0.25, 0.3) is 11.1 Å². The Morgan fingerprint density at radius 2 is 2.29 bits per heavy atom. The van der Waals surface area contributed by atoms with Gasteiger partial charge in [0.25, 0.3) is 0 Å². The molecule has 3 nitrogen and oxygen atoms in total. The van der Waals surface area contributed by atoms with Crippen molar-refractivity contribution in [2.24, 2.45) is 5.73 Å². The van der Waals surface area contributed by atoms with Crippen molar-refractivity contribution in [3.8, 4) is 0 Å². The molecule has 0 amide bonds. The molecule has 0 saturated carbocycles. The van der Waals surface area contributed by atoms with Crippen LogP contribution in [0.4, 0.5) is 0 Å². The molecule has 2 rings (SSSR count). The minimum Gasteiger partial charge on any atom is -0.439 e. The SMILES string of the molecule is CCC(N)c1nc2ccc(C)cc2o1. The van der Waals surface area contributed by atoms with Crippen molar-refractivity contribution in [1.29, 1.82) is 0 Å². The van der Waals surface area contributed by atoms with Crippen molar-refractivity contribution in [1.82, 2.24) is 4.98 Å². The van der Waals surface area contributed by atoms with Gasteiger partial charge in [-0.05, 0) is 31.0 Å². The van der Waals surface area contributed by atoms with Crippen LogP contribution in [-0.4, -0.2) is 4.98 Å². The number of aryl methyl sites for hydroxylation is 1. The van der Waals surface area contributed by atoms with Gasteiger partial charge in [-0.3, -0.25) is 0 Å². The molecule has 1 atom stereocenters. The van der Waals surface area contributed by atoms with E-state index >= 15 is 0 Å². The maximum absolute atomic E-state index is 5.84.